The Morgan fingerprint density at radius 2 is 2.15 bits per heavy atom. The summed E-state index contributed by atoms with van der Waals surface area (Å²) in [4.78, 5) is 16.2. The van der Waals surface area contributed by atoms with E-state index >= 15 is 0 Å². The van der Waals surface area contributed by atoms with E-state index in [1.54, 1.807) is 6.20 Å². The van der Waals surface area contributed by atoms with Gasteiger partial charge in [-0.2, -0.15) is 5.10 Å². The summed E-state index contributed by atoms with van der Waals surface area (Å²) >= 11 is 7.24. The van der Waals surface area contributed by atoms with Gasteiger partial charge in [-0.1, -0.05) is 23.7 Å². The lowest BCUT2D eigenvalue weighted by Crippen LogP contribution is -2.09. The van der Waals surface area contributed by atoms with E-state index in [1.807, 2.05) is 24.3 Å². The number of halogens is 1. The Bertz CT molecular complexity index is 665. The molecule has 0 atom stereocenters. The number of hydrazone groups is 1. The zero-order chi connectivity index (χ0) is 13.9. The average molecular weight is 307 g/mol. The molecule has 0 saturated heterocycles. The number of carbonyl (C=O) groups is 1. The maximum absolute atomic E-state index is 11.1. The van der Waals surface area contributed by atoms with Crippen molar-refractivity contribution >= 4 is 40.2 Å². The van der Waals surface area contributed by atoms with Crippen molar-refractivity contribution in [3.05, 3.63) is 45.4 Å². The first-order valence-corrected chi connectivity index (χ1v) is 7.20. The maximum Gasteiger partial charge on any atom is 0.246 e. The quantitative estimate of drug-likeness (QED) is 0.912. The molecule has 0 saturated carbocycles. The van der Waals surface area contributed by atoms with Crippen LogP contribution in [0.25, 0.3) is 0 Å². The summed E-state index contributed by atoms with van der Waals surface area (Å²) in [6.45, 7) is 0.685. The van der Waals surface area contributed by atoms with Gasteiger partial charge in [0.1, 0.15) is 0 Å². The van der Waals surface area contributed by atoms with Crippen LogP contribution in [0.5, 0.6) is 0 Å². The summed E-state index contributed by atoms with van der Waals surface area (Å²) in [5, 5.41) is 7.28. The van der Waals surface area contributed by atoms with E-state index in [-0.39, 0.29) is 5.91 Å². The minimum Gasteiger partial charge on any atom is -0.380 e. The maximum atomic E-state index is 11.1. The van der Waals surface area contributed by atoms with E-state index in [0.717, 1.165) is 21.8 Å². The second-order valence-electron chi connectivity index (χ2n) is 4.28. The molecular formula is C13H11ClN4OS. The second-order valence-corrected chi connectivity index (χ2v) is 5.98. The van der Waals surface area contributed by atoms with Crippen molar-refractivity contribution in [3.8, 4) is 0 Å². The van der Waals surface area contributed by atoms with Crippen LogP contribution in [0.4, 0.5) is 5.69 Å². The molecule has 3 rings (SSSR count). The molecule has 1 amide bonds. The first kappa shape index (κ1) is 13.1. The van der Waals surface area contributed by atoms with Crippen molar-refractivity contribution < 1.29 is 4.79 Å². The zero-order valence-electron chi connectivity index (χ0n) is 10.4. The molecule has 2 heterocycles. The van der Waals surface area contributed by atoms with Gasteiger partial charge in [-0.3, -0.25) is 4.79 Å². The second kappa shape index (κ2) is 5.60. The van der Waals surface area contributed by atoms with Crippen molar-refractivity contribution in [2.24, 2.45) is 5.10 Å². The third-order valence-corrected chi connectivity index (χ3v) is 3.97. The number of hydrogen-bond donors (Lipinski definition) is 2. The number of carbonyl (C=O) groups excluding carboxylic acids is 1. The highest BCUT2D eigenvalue weighted by atomic mass is 35.5. The molecule has 1 aliphatic rings. The van der Waals surface area contributed by atoms with Gasteiger partial charge in [-0.15, -0.1) is 11.3 Å². The molecule has 1 aromatic heterocycles. The highest BCUT2D eigenvalue weighted by Crippen LogP contribution is 2.19. The molecule has 2 aromatic rings. The average Bonchev–Trinajstić information content (AvgIpc) is 3.06. The molecule has 5 nitrogen and oxygen atoms in total. The van der Waals surface area contributed by atoms with E-state index in [4.69, 9.17) is 11.6 Å². The molecule has 7 heteroatoms. The standard InChI is InChI=1S/C13H11ClN4OS/c14-13-16-7-10(20-13)6-15-9-3-1-8(2-4-9)11-5-12(19)18-17-11/h1-4,7,15H,5-6H2,(H,18,19). The molecule has 0 spiro atoms. The highest BCUT2D eigenvalue weighted by Gasteiger charge is 2.15. The predicted octanol–water partition coefficient (Wildman–Crippen LogP) is 2.63. The first-order valence-electron chi connectivity index (χ1n) is 6.00. The topological polar surface area (TPSA) is 66.4 Å². The summed E-state index contributed by atoms with van der Waals surface area (Å²) in [6, 6.07) is 7.81. The third-order valence-electron chi connectivity index (χ3n) is 2.85. The fourth-order valence-electron chi connectivity index (χ4n) is 1.86. The van der Waals surface area contributed by atoms with Gasteiger partial charge in [0.25, 0.3) is 0 Å². The van der Waals surface area contributed by atoms with Crippen LogP contribution in [0.15, 0.2) is 35.6 Å². The number of thiazole rings is 1. The summed E-state index contributed by atoms with van der Waals surface area (Å²) in [7, 11) is 0. The van der Waals surface area contributed by atoms with Gasteiger partial charge in [-0.05, 0) is 17.7 Å². The van der Waals surface area contributed by atoms with Gasteiger partial charge in [0.15, 0.2) is 4.47 Å². The number of amides is 1. The SMILES string of the molecule is O=C1CC(c2ccc(NCc3cnc(Cl)s3)cc2)=NN1. The van der Waals surface area contributed by atoms with E-state index < -0.39 is 0 Å². The Hall–Kier alpha value is -1.92. The van der Waals surface area contributed by atoms with Gasteiger partial charge in [0.2, 0.25) is 5.91 Å². The van der Waals surface area contributed by atoms with Crippen molar-refractivity contribution in [3.63, 3.8) is 0 Å². The molecule has 0 radical (unpaired) electrons. The van der Waals surface area contributed by atoms with Gasteiger partial charge in [0.05, 0.1) is 18.7 Å². The molecule has 0 unspecified atom stereocenters. The van der Waals surface area contributed by atoms with Crippen LogP contribution in [0.1, 0.15) is 16.9 Å². The lowest BCUT2D eigenvalue weighted by atomic mass is 10.1. The van der Waals surface area contributed by atoms with Crippen LogP contribution in [0.3, 0.4) is 0 Å². The Labute approximate surface area is 124 Å². The number of rotatable bonds is 4. The normalized spacial score (nSPS) is 14.1. The fraction of sp³-hybridized carbons (Fsp3) is 0.154. The largest absolute Gasteiger partial charge is 0.380 e. The van der Waals surface area contributed by atoms with Gasteiger partial charge in [-0.25, -0.2) is 10.4 Å². The molecule has 1 aliphatic heterocycles. The van der Waals surface area contributed by atoms with Crippen LogP contribution in [0.2, 0.25) is 4.47 Å². The Morgan fingerprint density at radius 1 is 1.35 bits per heavy atom. The number of nitrogens with zero attached hydrogens (tertiary/aromatic N) is 2. The zero-order valence-corrected chi connectivity index (χ0v) is 12.0. The van der Waals surface area contributed by atoms with E-state index in [0.29, 0.717) is 17.4 Å². The van der Waals surface area contributed by atoms with Crippen LogP contribution in [-0.2, 0) is 11.3 Å². The number of anilines is 1. The molecule has 0 fully saturated rings. The predicted molar refractivity (Wildman–Crippen MR) is 80.2 cm³/mol. The van der Waals surface area contributed by atoms with Gasteiger partial charge < -0.3 is 5.32 Å². The van der Waals surface area contributed by atoms with Crippen LogP contribution in [-0.4, -0.2) is 16.6 Å². The van der Waals surface area contributed by atoms with E-state index in [9.17, 15) is 4.79 Å². The number of hydrogen-bond acceptors (Lipinski definition) is 5. The van der Waals surface area contributed by atoms with E-state index in [1.165, 1.54) is 11.3 Å². The van der Waals surface area contributed by atoms with Crippen molar-refractivity contribution in [1.82, 2.24) is 10.4 Å². The van der Waals surface area contributed by atoms with Crippen LogP contribution in [0, 0.1) is 0 Å². The van der Waals surface area contributed by atoms with Gasteiger partial charge in [0, 0.05) is 16.8 Å². The fourth-order valence-corrected chi connectivity index (χ4v) is 2.78. The number of aromatic nitrogens is 1. The van der Waals surface area contributed by atoms with Crippen molar-refractivity contribution in [1.29, 1.82) is 0 Å². The minimum absolute atomic E-state index is 0.0655. The molecular weight excluding hydrogens is 296 g/mol. The van der Waals surface area contributed by atoms with E-state index in [2.05, 4.69) is 20.8 Å². The number of benzene rings is 1. The minimum atomic E-state index is -0.0655. The summed E-state index contributed by atoms with van der Waals surface area (Å²) in [5.74, 6) is -0.0655. The molecule has 2 N–H and O–H groups in total. The lowest BCUT2D eigenvalue weighted by molar-refractivity contribution is -0.119. The Morgan fingerprint density at radius 3 is 2.75 bits per heavy atom. The van der Waals surface area contributed by atoms with Crippen molar-refractivity contribution in [2.45, 2.75) is 13.0 Å². The van der Waals surface area contributed by atoms with Gasteiger partial charge >= 0.3 is 0 Å². The highest BCUT2D eigenvalue weighted by molar-refractivity contribution is 7.15. The van der Waals surface area contributed by atoms with Crippen LogP contribution >= 0.6 is 22.9 Å². The van der Waals surface area contributed by atoms with Crippen LogP contribution < -0.4 is 10.7 Å². The lowest BCUT2D eigenvalue weighted by Gasteiger charge is -2.05. The summed E-state index contributed by atoms with van der Waals surface area (Å²) in [5.41, 5.74) is 5.17. The molecule has 0 bridgehead atoms. The van der Waals surface area contributed by atoms with Crippen molar-refractivity contribution in [2.75, 3.05) is 5.32 Å². The monoisotopic (exact) mass is 306 g/mol. The first-order chi connectivity index (χ1) is 9.70. The summed E-state index contributed by atoms with van der Waals surface area (Å²) in [6.07, 6.45) is 2.10. The summed E-state index contributed by atoms with van der Waals surface area (Å²) < 4.78 is 0.550. The molecule has 0 aliphatic carbocycles. The molecule has 1 aromatic carbocycles. The Balaban J connectivity index is 1.63. The smallest absolute Gasteiger partial charge is 0.246 e. The third kappa shape index (κ3) is 2.97. The number of nitrogens with one attached hydrogen (secondary N) is 2. The molecule has 20 heavy (non-hydrogen) atoms. The molecule has 102 valence electrons. The Kier molecular flexibility index (Phi) is 3.66.